The van der Waals surface area contributed by atoms with E-state index in [-0.39, 0.29) is 13.0 Å². The summed E-state index contributed by atoms with van der Waals surface area (Å²) >= 11 is 0. The molecule has 0 aliphatic rings. The van der Waals surface area contributed by atoms with Gasteiger partial charge in [-0.15, -0.1) is 0 Å². The monoisotopic (exact) mass is 714 g/mol. The Balaban J connectivity index is 4.29. The number of esters is 1. The molecule has 0 aliphatic carbocycles. The summed E-state index contributed by atoms with van der Waals surface area (Å²) in [5.41, 5.74) is 0. The molecule has 0 aromatic rings. The Bertz CT molecular complexity index is 903. The van der Waals surface area contributed by atoms with E-state index in [1.54, 1.807) is 0 Å². The van der Waals surface area contributed by atoms with E-state index >= 15 is 0 Å². The highest BCUT2D eigenvalue weighted by molar-refractivity contribution is 7.47. The van der Waals surface area contributed by atoms with Crippen LogP contribution in [0.3, 0.4) is 0 Å². The Labute approximate surface area is 298 Å². The van der Waals surface area contributed by atoms with E-state index in [2.05, 4.69) is 62.5 Å². The summed E-state index contributed by atoms with van der Waals surface area (Å²) in [7, 11) is -4.52. The molecule has 0 spiro atoms. The molecule has 0 aromatic heterocycles. The maximum Gasteiger partial charge on any atom is 0.472 e. The van der Waals surface area contributed by atoms with Crippen LogP contribution in [0.2, 0.25) is 0 Å². The molecule has 0 heterocycles. The number of carbonyl (C=O) groups excluding carboxylic acids is 1. The lowest BCUT2D eigenvalue weighted by Crippen LogP contribution is -2.29. The van der Waals surface area contributed by atoms with E-state index in [1.165, 1.54) is 57.8 Å². The Hall–Kier alpha value is -1.58. The summed E-state index contributed by atoms with van der Waals surface area (Å²) in [5.74, 6) is -0.416. The van der Waals surface area contributed by atoms with Crippen LogP contribution in [0.1, 0.15) is 149 Å². The molecule has 3 unspecified atom stereocenters. The standard InChI is InChI=1S/C39H71O9P/c1-3-5-7-9-11-13-15-17-18-20-22-24-26-28-30-32-45-35-38(36-47-49(43,44)46-34-37(41)33-40)48-39(42)31-29-27-25-23-21-19-16-14-12-10-8-6-4-2/h6,8,12,14-15,17,19,21,37-38,40-41H,3-5,7,9-11,13,16,18,20,22-36H2,1-2H3,(H,43,44)/b8-6-,14-12-,17-15-,21-19-. The molecule has 0 rings (SSSR count). The average Bonchev–Trinajstić information content (AvgIpc) is 3.09. The Morgan fingerprint density at radius 1 is 0.653 bits per heavy atom. The van der Waals surface area contributed by atoms with Crippen LogP contribution in [0.15, 0.2) is 48.6 Å². The van der Waals surface area contributed by atoms with Crippen LogP contribution >= 0.6 is 7.82 Å². The van der Waals surface area contributed by atoms with Crippen molar-refractivity contribution in [2.75, 3.05) is 33.0 Å². The summed E-state index contributed by atoms with van der Waals surface area (Å²) in [6.45, 7) is 3.32. The smallest absolute Gasteiger partial charge is 0.457 e. The molecule has 3 atom stereocenters. The highest BCUT2D eigenvalue weighted by atomic mass is 31.2. The largest absolute Gasteiger partial charge is 0.472 e. The van der Waals surface area contributed by atoms with Crippen LogP contribution in [-0.4, -0.2) is 66.3 Å². The van der Waals surface area contributed by atoms with Gasteiger partial charge in [-0.2, -0.15) is 0 Å². The van der Waals surface area contributed by atoms with Gasteiger partial charge in [0.2, 0.25) is 0 Å². The van der Waals surface area contributed by atoms with Gasteiger partial charge in [0.05, 0.1) is 26.4 Å². The number of hydrogen-bond acceptors (Lipinski definition) is 8. The van der Waals surface area contributed by atoms with Crippen LogP contribution in [0.5, 0.6) is 0 Å². The van der Waals surface area contributed by atoms with Crippen molar-refractivity contribution in [1.29, 1.82) is 0 Å². The van der Waals surface area contributed by atoms with E-state index in [0.717, 1.165) is 64.2 Å². The van der Waals surface area contributed by atoms with Crippen molar-refractivity contribution < 1.29 is 43.0 Å². The predicted octanol–water partition coefficient (Wildman–Crippen LogP) is 9.86. The molecular weight excluding hydrogens is 643 g/mol. The quantitative estimate of drug-likeness (QED) is 0.0251. The fraction of sp³-hybridized carbons (Fsp3) is 0.769. The molecular formula is C39H71O9P. The zero-order valence-corrected chi connectivity index (χ0v) is 31.8. The Morgan fingerprint density at radius 2 is 1.16 bits per heavy atom. The van der Waals surface area contributed by atoms with Gasteiger partial charge in [-0.3, -0.25) is 13.8 Å². The minimum absolute atomic E-state index is 0.0318. The van der Waals surface area contributed by atoms with Crippen LogP contribution < -0.4 is 0 Å². The number of aliphatic hydroxyl groups excluding tert-OH is 2. The molecule has 0 saturated heterocycles. The van der Waals surface area contributed by atoms with Crippen LogP contribution in [-0.2, 0) is 27.9 Å². The number of allylic oxidation sites excluding steroid dienone is 8. The molecule has 0 amide bonds. The Kier molecular flexibility index (Phi) is 35.1. The molecule has 9 nitrogen and oxygen atoms in total. The lowest BCUT2D eigenvalue weighted by atomic mass is 10.1. The van der Waals surface area contributed by atoms with Crippen LogP contribution in [0.25, 0.3) is 0 Å². The first-order valence-electron chi connectivity index (χ1n) is 19.1. The van der Waals surface area contributed by atoms with E-state index in [0.29, 0.717) is 13.0 Å². The summed E-state index contributed by atoms with van der Waals surface area (Å²) in [4.78, 5) is 22.4. The molecule has 0 aliphatic heterocycles. The number of carbonyl (C=O) groups is 1. The lowest BCUT2D eigenvalue weighted by Gasteiger charge is -2.20. The van der Waals surface area contributed by atoms with Gasteiger partial charge in [0.1, 0.15) is 12.2 Å². The van der Waals surface area contributed by atoms with E-state index in [1.807, 2.05) is 0 Å². The van der Waals surface area contributed by atoms with E-state index < -0.39 is 45.8 Å². The molecule has 0 saturated carbocycles. The van der Waals surface area contributed by atoms with Crippen LogP contribution in [0, 0.1) is 0 Å². The second-order valence-corrected chi connectivity index (χ2v) is 14.0. The highest BCUT2D eigenvalue weighted by Gasteiger charge is 2.26. The lowest BCUT2D eigenvalue weighted by molar-refractivity contribution is -0.154. The number of phosphoric acid groups is 1. The first-order valence-corrected chi connectivity index (χ1v) is 20.6. The third kappa shape index (κ3) is 36.0. The van der Waals surface area contributed by atoms with Gasteiger partial charge in [-0.05, 0) is 70.6 Å². The minimum atomic E-state index is -4.52. The van der Waals surface area contributed by atoms with Crippen molar-refractivity contribution in [3.05, 3.63) is 48.6 Å². The zero-order chi connectivity index (χ0) is 36.1. The van der Waals surface area contributed by atoms with Gasteiger partial charge in [0, 0.05) is 13.0 Å². The SMILES string of the molecule is CC/C=C\C/C=C\C/C=C\CCCCCC(=O)OC(COCCCCCCCC/C=C\CCCCCCC)COP(=O)(O)OCC(O)CO. The first-order chi connectivity index (χ1) is 23.8. The van der Waals surface area contributed by atoms with Crippen molar-refractivity contribution in [1.82, 2.24) is 0 Å². The van der Waals surface area contributed by atoms with Gasteiger partial charge in [-0.1, -0.05) is 120 Å². The molecule has 0 aromatic carbocycles. The fourth-order valence-electron chi connectivity index (χ4n) is 4.83. The number of aliphatic hydroxyl groups is 2. The van der Waals surface area contributed by atoms with E-state index in [4.69, 9.17) is 23.6 Å². The van der Waals surface area contributed by atoms with Crippen molar-refractivity contribution >= 4 is 13.8 Å². The topological polar surface area (TPSA) is 132 Å². The van der Waals surface area contributed by atoms with Gasteiger partial charge in [-0.25, -0.2) is 4.57 Å². The molecule has 3 N–H and O–H groups in total. The zero-order valence-electron chi connectivity index (χ0n) is 30.9. The van der Waals surface area contributed by atoms with Crippen molar-refractivity contribution in [2.24, 2.45) is 0 Å². The number of ether oxygens (including phenoxy) is 2. The number of phosphoric ester groups is 1. The van der Waals surface area contributed by atoms with Crippen LogP contribution in [0.4, 0.5) is 0 Å². The van der Waals surface area contributed by atoms with Gasteiger partial charge >= 0.3 is 13.8 Å². The van der Waals surface area contributed by atoms with Crippen molar-refractivity contribution in [3.8, 4) is 0 Å². The van der Waals surface area contributed by atoms with Crippen molar-refractivity contribution in [2.45, 2.75) is 161 Å². The third-order valence-corrected chi connectivity index (χ3v) is 8.70. The molecule has 0 fully saturated rings. The molecule has 0 bridgehead atoms. The maximum absolute atomic E-state index is 12.5. The first kappa shape index (κ1) is 47.4. The molecule has 10 heteroatoms. The number of unbranched alkanes of at least 4 members (excludes halogenated alkanes) is 14. The summed E-state index contributed by atoms with van der Waals surface area (Å²) in [6.07, 6.45) is 37.8. The third-order valence-electron chi connectivity index (χ3n) is 7.75. The van der Waals surface area contributed by atoms with Crippen molar-refractivity contribution in [3.63, 3.8) is 0 Å². The number of rotatable bonds is 36. The molecule has 49 heavy (non-hydrogen) atoms. The fourth-order valence-corrected chi connectivity index (χ4v) is 5.62. The van der Waals surface area contributed by atoms with Gasteiger partial charge in [0.15, 0.2) is 0 Å². The average molecular weight is 715 g/mol. The van der Waals surface area contributed by atoms with E-state index in [9.17, 15) is 19.4 Å². The molecule has 0 radical (unpaired) electrons. The summed E-state index contributed by atoms with van der Waals surface area (Å²) in [6, 6.07) is 0. The van der Waals surface area contributed by atoms with Gasteiger partial charge in [0.25, 0.3) is 0 Å². The maximum atomic E-state index is 12.5. The second kappa shape index (κ2) is 36.2. The second-order valence-electron chi connectivity index (χ2n) is 12.6. The van der Waals surface area contributed by atoms with Gasteiger partial charge < -0.3 is 24.6 Å². The normalized spacial score (nSPS) is 14.8. The predicted molar refractivity (Wildman–Crippen MR) is 200 cm³/mol. The molecule has 286 valence electrons. The summed E-state index contributed by atoms with van der Waals surface area (Å²) < 4.78 is 33.2. The highest BCUT2D eigenvalue weighted by Crippen LogP contribution is 2.43. The minimum Gasteiger partial charge on any atom is -0.457 e. The summed E-state index contributed by atoms with van der Waals surface area (Å²) in [5, 5.41) is 18.3. The Morgan fingerprint density at radius 3 is 1.78 bits per heavy atom. The number of hydrogen-bond donors (Lipinski definition) is 3.